The molecule has 200 valence electrons. The number of nitrogens with zero attached hydrogens (tertiary/aromatic N) is 1. The molecular weight excluding hydrogens is 468 g/mol. The fraction of sp³-hybridized carbons (Fsp3) is 0.529. The molecule has 38 heavy (non-hydrogen) atoms. The van der Waals surface area contributed by atoms with Gasteiger partial charge in [-0.25, -0.2) is 0 Å². The van der Waals surface area contributed by atoms with Crippen LogP contribution in [0, 0.1) is 34.5 Å². The smallest absolute Gasteiger partial charge is 0.226 e. The molecule has 1 saturated heterocycles. The van der Waals surface area contributed by atoms with Crippen LogP contribution in [0.4, 0.5) is 0 Å². The number of rotatable bonds is 5. The molecule has 0 spiro atoms. The molecule has 3 aliphatic carbocycles. The van der Waals surface area contributed by atoms with Gasteiger partial charge in [-0.3, -0.25) is 9.59 Å². The summed E-state index contributed by atoms with van der Waals surface area (Å²) < 4.78 is 0. The Balaban J connectivity index is 1.23. The van der Waals surface area contributed by atoms with Gasteiger partial charge in [0.25, 0.3) is 0 Å². The second kappa shape index (κ2) is 9.70. The molecule has 2 aromatic rings. The molecule has 7 atom stereocenters. The monoisotopic (exact) mass is 510 g/mol. The van der Waals surface area contributed by atoms with E-state index in [1.54, 1.807) is 0 Å². The Bertz CT molecular complexity index is 1220. The zero-order valence-electron chi connectivity index (χ0n) is 23.2. The molecule has 6 rings (SSSR count). The number of carbonyl (C=O) groups is 2. The molecule has 0 unspecified atom stereocenters. The van der Waals surface area contributed by atoms with Crippen molar-refractivity contribution in [2.45, 2.75) is 71.3 Å². The molecular formula is C34H42N2O2. The maximum Gasteiger partial charge on any atom is 0.226 e. The van der Waals surface area contributed by atoms with Crippen LogP contribution in [0.2, 0.25) is 0 Å². The summed E-state index contributed by atoms with van der Waals surface area (Å²) >= 11 is 0. The van der Waals surface area contributed by atoms with Crippen LogP contribution in [0.15, 0.2) is 72.4 Å². The van der Waals surface area contributed by atoms with E-state index in [9.17, 15) is 9.59 Å². The fourth-order valence-electron chi connectivity index (χ4n) is 9.07. The lowest BCUT2D eigenvalue weighted by atomic mass is 9.49. The summed E-state index contributed by atoms with van der Waals surface area (Å²) in [5.74, 6) is 2.33. The zero-order valence-corrected chi connectivity index (χ0v) is 23.2. The minimum absolute atomic E-state index is 0.0283. The van der Waals surface area contributed by atoms with E-state index in [-0.39, 0.29) is 34.6 Å². The normalized spacial score (nSPS) is 35.0. The van der Waals surface area contributed by atoms with Crippen molar-refractivity contribution in [1.29, 1.82) is 0 Å². The second-order valence-electron chi connectivity index (χ2n) is 12.9. The number of allylic oxidation sites excluding steroid dienone is 2. The van der Waals surface area contributed by atoms with Crippen molar-refractivity contribution in [3.05, 3.63) is 83.6 Å². The van der Waals surface area contributed by atoms with E-state index in [0.29, 0.717) is 24.2 Å². The van der Waals surface area contributed by atoms with Crippen molar-refractivity contribution in [3.8, 4) is 0 Å². The topological polar surface area (TPSA) is 49.4 Å². The summed E-state index contributed by atoms with van der Waals surface area (Å²) in [6.07, 6.45) is 10.2. The van der Waals surface area contributed by atoms with Gasteiger partial charge in [-0.15, -0.1) is 0 Å². The average molecular weight is 511 g/mol. The van der Waals surface area contributed by atoms with Crippen LogP contribution in [0.1, 0.15) is 76.0 Å². The summed E-state index contributed by atoms with van der Waals surface area (Å²) in [7, 11) is 1.97. The first-order chi connectivity index (χ1) is 18.3. The summed E-state index contributed by atoms with van der Waals surface area (Å²) in [4.78, 5) is 28.4. The van der Waals surface area contributed by atoms with Crippen LogP contribution in [0.5, 0.6) is 0 Å². The molecule has 4 aliphatic rings. The van der Waals surface area contributed by atoms with Crippen molar-refractivity contribution >= 4 is 11.8 Å². The largest absolute Gasteiger partial charge is 0.349 e. The summed E-state index contributed by atoms with van der Waals surface area (Å²) in [6.45, 7) is 4.83. The highest BCUT2D eigenvalue weighted by Crippen LogP contribution is 2.66. The van der Waals surface area contributed by atoms with Gasteiger partial charge < -0.3 is 10.2 Å². The second-order valence-corrected chi connectivity index (χ2v) is 12.9. The van der Waals surface area contributed by atoms with Gasteiger partial charge >= 0.3 is 0 Å². The average Bonchev–Trinajstić information content (AvgIpc) is 3.29. The molecule has 2 amide bonds. The number of likely N-dealkylation sites (tertiary alicyclic amines) is 1. The van der Waals surface area contributed by atoms with Crippen molar-refractivity contribution in [2.75, 3.05) is 7.05 Å². The molecule has 0 aromatic heterocycles. The van der Waals surface area contributed by atoms with Crippen molar-refractivity contribution in [1.82, 2.24) is 10.2 Å². The van der Waals surface area contributed by atoms with Crippen LogP contribution in [-0.2, 0) is 16.0 Å². The fourth-order valence-corrected chi connectivity index (χ4v) is 9.07. The van der Waals surface area contributed by atoms with Gasteiger partial charge in [-0.05, 0) is 79.2 Å². The SMILES string of the molecule is CN1C(=O)CC[C@@]2(C)C1=CC[C@H]1[C@@H]3CC[C@H](C(=O)N[C@@H](Cc4ccccc4)c4ccccc4)[C@@]3(C)CC[C@@H]12. The number of fused-ring (bicyclic) bond motifs is 5. The minimum atomic E-state index is -0.0283. The minimum Gasteiger partial charge on any atom is -0.349 e. The first-order valence-electron chi connectivity index (χ1n) is 14.7. The highest BCUT2D eigenvalue weighted by Gasteiger charge is 2.60. The van der Waals surface area contributed by atoms with E-state index < -0.39 is 0 Å². The molecule has 1 N–H and O–H groups in total. The lowest BCUT2D eigenvalue weighted by Gasteiger charge is -2.58. The van der Waals surface area contributed by atoms with Crippen molar-refractivity contribution in [2.24, 2.45) is 34.5 Å². The Hall–Kier alpha value is -2.88. The number of piperidine rings is 1. The Morgan fingerprint density at radius 1 is 0.974 bits per heavy atom. The summed E-state index contributed by atoms with van der Waals surface area (Å²) in [6, 6.07) is 20.9. The van der Waals surface area contributed by atoms with Crippen molar-refractivity contribution in [3.63, 3.8) is 0 Å². The summed E-state index contributed by atoms with van der Waals surface area (Å²) in [5.41, 5.74) is 3.80. The van der Waals surface area contributed by atoms with Gasteiger partial charge in [-0.2, -0.15) is 0 Å². The summed E-state index contributed by atoms with van der Waals surface area (Å²) in [5, 5.41) is 3.52. The molecule has 2 saturated carbocycles. The van der Waals surface area contributed by atoms with E-state index in [1.807, 2.05) is 24.1 Å². The molecule has 0 bridgehead atoms. The highest BCUT2D eigenvalue weighted by molar-refractivity contribution is 5.81. The van der Waals surface area contributed by atoms with Gasteiger partial charge in [0.2, 0.25) is 11.8 Å². The maximum atomic E-state index is 14.0. The van der Waals surface area contributed by atoms with Gasteiger partial charge in [0.05, 0.1) is 6.04 Å². The first kappa shape index (κ1) is 25.4. The van der Waals surface area contributed by atoms with Crippen LogP contribution in [0.25, 0.3) is 0 Å². The molecule has 3 fully saturated rings. The molecule has 0 radical (unpaired) electrons. The predicted molar refractivity (Wildman–Crippen MR) is 151 cm³/mol. The van der Waals surface area contributed by atoms with E-state index in [2.05, 4.69) is 73.8 Å². The first-order valence-corrected chi connectivity index (χ1v) is 14.7. The van der Waals surface area contributed by atoms with E-state index in [1.165, 1.54) is 16.8 Å². The van der Waals surface area contributed by atoms with Crippen LogP contribution < -0.4 is 5.32 Å². The highest BCUT2D eigenvalue weighted by atomic mass is 16.2. The third-order valence-electron chi connectivity index (χ3n) is 11.1. The molecule has 2 aromatic carbocycles. The Labute approximate surface area is 227 Å². The van der Waals surface area contributed by atoms with Gasteiger partial charge in [0.15, 0.2) is 0 Å². The standard InChI is InChI=1S/C34H42N2O2/c1-33-20-18-27-25(14-17-30-34(27,2)21-19-31(37)36(30)3)26(33)15-16-28(33)32(38)35-29(24-12-8-5-9-13-24)22-23-10-6-4-7-11-23/h4-13,17,25-29H,14-16,18-22H2,1-3H3,(H,35,38)/t25-,26-,27-,28+,29-,33-,34+/m0/s1. The molecule has 1 heterocycles. The lowest BCUT2D eigenvalue weighted by molar-refractivity contribution is -0.138. The van der Waals surface area contributed by atoms with Gasteiger partial charge in [0, 0.05) is 30.5 Å². The van der Waals surface area contributed by atoms with Gasteiger partial charge in [-0.1, -0.05) is 80.6 Å². The molecule has 1 aliphatic heterocycles. The van der Waals surface area contributed by atoms with E-state index in [4.69, 9.17) is 0 Å². The van der Waals surface area contributed by atoms with E-state index >= 15 is 0 Å². The predicted octanol–water partition coefficient (Wildman–Crippen LogP) is 6.69. The quantitative estimate of drug-likeness (QED) is 0.487. The Morgan fingerprint density at radius 3 is 2.42 bits per heavy atom. The third-order valence-corrected chi connectivity index (χ3v) is 11.1. The lowest BCUT2D eigenvalue weighted by Crippen LogP contribution is -2.54. The van der Waals surface area contributed by atoms with Crippen molar-refractivity contribution < 1.29 is 9.59 Å². The number of carbonyl (C=O) groups excluding carboxylic acids is 2. The van der Waals surface area contributed by atoms with Crippen LogP contribution in [-0.4, -0.2) is 23.8 Å². The number of hydrogen-bond acceptors (Lipinski definition) is 2. The zero-order chi connectivity index (χ0) is 26.5. The Kier molecular flexibility index (Phi) is 6.48. The Morgan fingerprint density at radius 2 is 1.68 bits per heavy atom. The number of benzene rings is 2. The van der Waals surface area contributed by atoms with Crippen LogP contribution >= 0.6 is 0 Å². The number of nitrogens with one attached hydrogen (secondary N) is 1. The molecule has 4 nitrogen and oxygen atoms in total. The van der Waals surface area contributed by atoms with Crippen LogP contribution in [0.3, 0.4) is 0 Å². The van der Waals surface area contributed by atoms with E-state index in [0.717, 1.165) is 44.9 Å². The number of amides is 2. The number of hydrogen-bond donors (Lipinski definition) is 1. The van der Waals surface area contributed by atoms with Gasteiger partial charge in [0.1, 0.15) is 0 Å². The maximum absolute atomic E-state index is 14.0. The third kappa shape index (κ3) is 4.12. The molecule has 4 heteroatoms.